The van der Waals surface area contributed by atoms with Crippen molar-refractivity contribution in [2.45, 2.75) is 40.8 Å². The third-order valence-corrected chi connectivity index (χ3v) is 8.60. The van der Waals surface area contributed by atoms with Crippen molar-refractivity contribution < 1.29 is 19.1 Å². The van der Waals surface area contributed by atoms with Crippen LogP contribution in [0.3, 0.4) is 0 Å². The van der Waals surface area contributed by atoms with E-state index >= 15 is 0 Å². The zero-order valence-corrected chi connectivity index (χ0v) is 24.9. The average Bonchev–Trinajstić information content (AvgIpc) is 3.54. The minimum absolute atomic E-state index is 0.0643. The van der Waals surface area contributed by atoms with Crippen molar-refractivity contribution in [2.24, 2.45) is 0 Å². The van der Waals surface area contributed by atoms with Gasteiger partial charge in [0.2, 0.25) is 10.9 Å². The molecule has 0 bridgehead atoms. The first-order valence-electron chi connectivity index (χ1n) is 15.0. The number of carbonyl (C=O) groups is 2. The third kappa shape index (κ3) is 3.70. The molecule has 0 radical (unpaired) electrons. The number of carbonyl (C=O) groups excluding carboxylic acids is 2. The monoisotopic (exact) mass is 586 g/mol. The van der Waals surface area contributed by atoms with Gasteiger partial charge in [0.25, 0.3) is 5.78 Å². The Morgan fingerprint density at radius 2 is 1.34 bits per heavy atom. The van der Waals surface area contributed by atoms with Gasteiger partial charge in [0.05, 0.1) is 29.6 Å². The molecular weight excluding hydrogens is 556 g/mol. The Morgan fingerprint density at radius 1 is 0.659 bits per heavy atom. The second-order valence-electron chi connectivity index (χ2n) is 10.8. The summed E-state index contributed by atoms with van der Waals surface area (Å²) < 4.78 is 15.1. The molecule has 0 aliphatic rings. The van der Waals surface area contributed by atoms with Gasteiger partial charge in [0.1, 0.15) is 5.75 Å². The molecule has 0 amide bonds. The van der Waals surface area contributed by atoms with Gasteiger partial charge in [-0.15, -0.1) is 0 Å². The first-order chi connectivity index (χ1) is 21.3. The molecule has 0 saturated heterocycles. The van der Waals surface area contributed by atoms with Gasteiger partial charge in [0.15, 0.2) is 0 Å². The molecule has 5 aromatic carbocycles. The van der Waals surface area contributed by atoms with Crippen LogP contribution >= 0.6 is 0 Å². The van der Waals surface area contributed by atoms with Crippen LogP contribution in [0.2, 0.25) is 0 Å². The maximum atomic E-state index is 13.4. The van der Waals surface area contributed by atoms with Crippen molar-refractivity contribution in [3.05, 3.63) is 86.7 Å². The number of nitrogens with zero attached hydrogens (tertiary/aromatic N) is 2. The van der Waals surface area contributed by atoms with Crippen LogP contribution in [0.4, 0.5) is 0 Å². The molecule has 8 nitrogen and oxygen atoms in total. The predicted molar refractivity (Wildman–Crippen MR) is 174 cm³/mol. The van der Waals surface area contributed by atoms with E-state index in [2.05, 4.69) is 9.13 Å². The van der Waals surface area contributed by atoms with E-state index in [1.807, 2.05) is 69.3 Å². The number of aromatic nitrogens is 2. The van der Waals surface area contributed by atoms with Gasteiger partial charge in [0, 0.05) is 62.2 Å². The van der Waals surface area contributed by atoms with Crippen LogP contribution < -0.4 is 15.6 Å². The molecule has 44 heavy (non-hydrogen) atoms. The number of Topliss-reactive ketones (excluding diaryl/α,β-unsaturated/α-hetero) is 1. The number of ether oxygens (including phenoxy) is 2. The lowest BCUT2D eigenvalue weighted by Crippen LogP contribution is -2.31. The normalized spacial score (nSPS) is 11.9. The number of aryl methyl sites for hydroxylation is 2. The maximum Gasteiger partial charge on any atom is 0.379 e. The van der Waals surface area contributed by atoms with E-state index in [-0.39, 0.29) is 12.2 Å². The van der Waals surface area contributed by atoms with Crippen LogP contribution in [0.1, 0.15) is 38.1 Å². The van der Waals surface area contributed by atoms with Crippen LogP contribution in [0.5, 0.6) is 5.75 Å². The Bertz CT molecular complexity index is 2420. The molecule has 0 aliphatic heterocycles. The van der Waals surface area contributed by atoms with Crippen molar-refractivity contribution in [3.63, 3.8) is 0 Å². The zero-order valence-electron chi connectivity index (χ0n) is 24.9. The molecule has 0 saturated carbocycles. The molecular formula is C36H30N2O6. The summed E-state index contributed by atoms with van der Waals surface area (Å²) in [6, 6.07) is 19.1. The lowest BCUT2D eigenvalue weighted by Gasteiger charge is -2.15. The van der Waals surface area contributed by atoms with E-state index in [0.29, 0.717) is 47.3 Å². The Hall–Kier alpha value is -5.24. The summed E-state index contributed by atoms with van der Waals surface area (Å²) in [4.78, 5) is 52.7. The van der Waals surface area contributed by atoms with Gasteiger partial charge in [-0.1, -0.05) is 18.2 Å². The van der Waals surface area contributed by atoms with Crippen LogP contribution in [-0.2, 0) is 22.6 Å². The first kappa shape index (κ1) is 27.6. The van der Waals surface area contributed by atoms with Crippen molar-refractivity contribution in [2.75, 3.05) is 13.2 Å². The van der Waals surface area contributed by atoms with E-state index in [0.717, 1.165) is 43.6 Å². The highest BCUT2D eigenvalue weighted by molar-refractivity contribution is 6.41. The van der Waals surface area contributed by atoms with Gasteiger partial charge in [-0.05, 0) is 75.7 Å². The summed E-state index contributed by atoms with van der Waals surface area (Å²) >= 11 is 0. The first-order valence-corrected chi connectivity index (χ1v) is 15.0. The Morgan fingerprint density at radius 3 is 2.07 bits per heavy atom. The minimum atomic E-state index is -0.951. The largest absolute Gasteiger partial charge is 0.494 e. The van der Waals surface area contributed by atoms with Crippen molar-refractivity contribution >= 4 is 66.1 Å². The molecule has 0 N–H and O–H groups in total. The maximum absolute atomic E-state index is 13.4. The second kappa shape index (κ2) is 10.2. The Balaban J connectivity index is 1.67. The summed E-state index contributed by atoms with van der Waals surface area (Å²) in [5, 5.41) is 4.13. The number of benzene rings is 4. The van der Waals surface area contributed by atoms with E-state index < -0.39 is 22.6 Å². The van der Waals surface area contributed by atoms with E-state index in [1.54, 1.807) is 19.1 Å². The van der Waals surface area contributed by atoms with E-state index in [1.165, 1.54) is 0 Å². The fourth-order valence-electron chi connectivity index (χ4n) is 6.83. The number of rotatable bonds is 8. The number of ketones is 1. The van der Waals surface area contributed by atoms with Crippen LogP contribution in [-0.4, -0.2) is 34.1 Å². The molecule has 0 unspecified atom stereocenters. The summed E-state index contributed by atoms with van der Waals surface area (Å²) in [6.07, 6.45) is 0. The number of para-hydroxylation sites is 1. The predicted octanol–water partition coefficient (Wildman–Crippen LogP) is 6.50. The average molecular weight is 587 g/mol. The quantitative estimate of drug-likeness (QED) is 0.115. The van der Waals surface area contributed by atoms with Gasteiger partial charge < -0.3 is 18.6 Å². The summed E-state index contributed by atoms with van der Waals surface area (Å²) in [5.41, 5.74) is 3.65. The Labute approximate surface area is 251 Å². The van der Waals surface area contributed by atoms with Crippen molar-refractivity contribution in [1.82, 2.24) is 9.13 Å². The fourth-order valence-corrected chi connectivity index (χ4v) is 6.83. The van der Waals surface area contributed by atoms with Gasteiger partial charge in [-0.25, -0.2) is 4.79 Å². The summed E-state index contributed by atoms with van der Waals surface area (Å²) in [5.74, 6) is -1.05. The number of hydrogen-bond donors (Lipinski definition) is 0. The topological polar surface area (TPSA) is 96.6 Å². The lowest BCUT2D eigenvalue weighted by molar-refractivity contribution is -0.137. The molecule has 7 rings (SSSR count). The highest BCUT2D eigenvalue weighted by Gasteiger charge is 2.28. The zero-order chi connectivity index (χ0) is 30.9. The standard InChI is InChI=1S/C36H30N2O6/c1-5-37-28-14-13-20(43-7-3)17-22(28)24-15-19(33(39)36(42)44-8-4)16-25(31(24)37)23-18-26-21-11-9-10-12-27(21)38(6-2)32(26)30-29(23)34(40)35(30)41/h9-18H,5-8H2,1-4H3. The molecule has 8 heteroatoms. The highest BCUT2D eigenvalue weighted by Crippen LogP contribution is 2.43. The van der Waals surface area contributed by atoms with Crippen molar-refractivity contribution in [1.29, 1.82) is 0 Å². The van der Waals surface area contributed by atoms with E-state index in [9.17, 15) is 19.2 Å². The molecule has 0 atom stereocenters. The summed E-state index contributed by atoms with van der Waals surface area (Å²) in [7, 11) is 0. The lowest BCUT2D eigenvalue weighted by atomic mass is 9.89. The Kier molecular flexibility index (Phi) is 6.39. The fraction of sp³-hybridized carbons (Fsp3) is 0.222. The molecule has 0 fully saturated rings. The molecule has 2 heterocycles. The third-order valence-electron chi connectivity index (χ3n) is 8.60. The number of hydrogen-bond acceptors (Lipinski definition) is 6. The SMILES string of the molecule is CCOC(=O)C(=O)c1cc(-c2cc3c4ccccc4n(CC)c3c3c(=O)c(=O)c23)c2c(c1)c1cc(OCC)ccc1n2CC. The van der Waals surface area contributed by atoms with Crippen LogP contribution in [0.25, 0.3) is 65.5 Å². The van der Waals surface area contributed by atoms with Crippen LogP contribution in [0, 0.1) is 0 Å². The second-order valence-corrected chi connectivity index (χ2v) is 10.8. The molecule has 7 aromatic rings. The summed E-state index contributed by atoms with van der Waals surface area (Å²) in [6.45, 7) is 9.38. The molecule has 0 spiro atoms. The number of fused-ring (bicyclic) bond motifs is 8. The van der Waals surface area contributed by atoms with Gasteiger partial charge in [-0.3, -0.25) is 14.4 Å². The molecule has 0 aliphatic carbocycles. The van der Waals surface area contributed by atoms with E-state index in [4.69, 9.17) is 9.47 Å². The highest BCUT2D eigenvalue weighted by atomic mass is 16.5. The smallest absolute Gasteiger partial charge is 0.379 e. The van der Waals surface area contributed by atoms with Gasteiger partial charge in [-0.2, -0.15) is 0 Å². The number of esters is 1. The molecule has 220 valence electrons. The van der Waals surface area contributed by atoms with Crippen LogP contribution in [0.15, 0.2) is 70.3 Å². The minimum Gasteiger partial charge on any atom is -0.494 e. The van der Waals surface area contributed by atoms with Gasteiger partial charge >= 0.3 is 5.97 Å². The molecule has 2 aromatic heterocycles. The van der Waals surface area contributed by atoms with Crippen molar-refractivity contribution in [3.8, 4) is 16.9 Å².